The molecule has 1 aromatic heterocycles. The standard InChI is InChI=1S/C12H14N4O2/c1-8-7-16(12(13)15-8)14-6-9-5-10(18-2)3-4-11(9)17/h3-7,17H,1-2H3,(H2,13,15). The van der Waals surface area contributed by atoms with E-state index < -0.39 is 0 Å². The van der Waals surface area contributed by atoms with Gasteiger partial charge in [0.15, 0.2) is 0 Å². The zero-order valence-corrected chi connectivity index (χ0v) is 10.2. The minimum Gasteiger partial charge on any atom is -0.507 e. The third-order valence-electron chi connectivity index (χ3n) is 2.39. The molecule has 0 unspecified atom stereocenters. The van der Waals surface area contributed by atoms with Gasteiger partial charge in [0, 0.05) is 5.56 Å². The summed E-state index contributed by atoms with van der Waals surface area (Å²) in [6.07, 6.45) is 3.19. The molecule has 0 aliphatic heterocycles. The van der Waals surface area contributed by atoms with Gasteiger partial charge < -0.3 is 15.6 Å². The maximum Gasteiger partial charge on any atom is 0.221 e. The summed E-state index contributed by atoms with van der Waals surface area (Å²) in [6.45, 7) is 1.82. The van der Waals surface area contributed by atoms with Gasteiger partial charge in [-0.05, 0) is 25.1 Å². The van der Waals surface area contributed by atoms with Crippen molar-refractivity contribution in [1.82, 2.24) is 9.66 Å². The van der Waals surface area contributed by atoms with Crippen LogP contribution >= 0.6 is 0 Å². The van der Waals surface area contributed by atoms with Crippen molar-refractivity contribution in [2.45, 2.75) is 6.92 Å². The van der Waals surface area contributed by atoms with E-state index in [2.05, 4.69) is 10.1 Å². The maximum atomic E-state index is 9.68. The number of nitrogen functional groups attached to an aromatic ring is 1. The van der Waals surface area contributed by atoms with Crippen molar-refractivity contribution >= 4 is 12.2 Å². The van der Waals surface area contributed by atoms with Crippen LogP contribution in [-0.4, -0.2) is 28.1 Å². The number of rotatable bonds is 3. The van der Waals surface area contributed by atoms with Crippen molar-refractivity contribution in [2.75, 3.05) is 12.8 Å². The first-order valence-electron chi connectivity index (χ1n) is 5.33. The minimum atomic E-state index is 0.120. The van der Waals surface area contributed by atoms with Crippen LogP contribution in [0.4, 0.5) is 5.95 Å². The highest BCUT2D eigenvalue weighted by Gasteiger charge is 2.02. The number of hydrogen-bond acceptors (Lipinski definition) is 5. The highest BCUT2D eigenvalue weighted by atomic mass is 16.5. The molecular formula is C12H14N4O2. The van der Waals surface area contributed by atoms with Crippen molar-refractivity contribution in [1.29, 1.82) is 0 Å². The van der Waals surface area contributed by atoms with Crippen LogP contribution in [0, 0.1) is 6.92 Å². The van der Waals surface area contributed by atoms with Crippen LogP contribution in [0.1, 0.15) is 11.3 Å². The zero-order chi connectivity index (χ0) is 13.1. The molecule has 3 N–H and O–H groups in total. The SMILES string of the molecule is COc1ccc(O)c(C=Nn2cc(C)nc2N)c1. The smallest absolute Gasteiger partial charge is 0.221 e. The van der Waals surface area contributed by atoms with Crippen LogP contribution in [0.15, 0.2) is 29.5 Å². The summed E-state index contributed by atoms with van der Waals surface area (Å²) in [5.74, 6) is 1.06. The predicted molar refractivity (Wildman–Crippen MR) is 69.0 cm³/mol. The lowest BCUT2D eigenvalue weighted by Crippen LogP contribution is -1.97. The molecule has 1 aromatic carbocycles. The van der Waals surface area contributed by atoms with E-state index in [0.717, 1.165) is 5.69 Å². The average molecular weight is 246 g/mol. The van der Waals surface area contributed by atoms with Gasteiger partial charge in [0.25, 0.3) is 0 Å². The van der Waals surface area contributed by atoms with Crippen molar-refractivity contribution in [3.05, 3.63) is 35.7 Å². The fraction of sp³-hybridized carbons (Fsp3) is 0.167. The second-order valence-corrected chi connectivity index (χ2v) is 3.75. The summed E-state index contributed by atoms with van der Waals surface area (Å²) in [5.41, 5.74) is 6.97. The van der Waals surface area contributed by atoms with Gasteiger partial charge in [0.05, 0.1) is 25.2 Å². The third kappa shape index (κ3) is 2.42. The van der Waals surface area contributed by atoms with Crippen LogP contribution in [0.25, 0.3) is 0 Å². The number of nitrogens with zero attached hydrogens (tertiary/aromatic N) is 3. The van der Waals surface area contributed by atoms with Gasteiger partial charge in [0.1, 0.15) is 11.5 Å². The van der Waals surface area contributed by atoms with Crippen molar-refractivity contribution < 1.29 is 9.84 Å². The van der Waals surface area contributed by atoms with E-state index in [1.165, 1.54) is 10.9 Å². The monoisotopic (exact) mass is 246 g/mol. The topological polar surface area (TPSA) is 85.7 Å². The molecule has 2 rings (SSSR count). The third-order valence-corrected chi connectivity index (χ3v) is 2.39. The molecule has 0 aliphatic carbocycles. The minimum absolute atomic E-state index is 0.120. The molecule has 0 amide bonds. The molecule has 6 nitrogen and oxygen atoms in total. The summed E-state index contributed by atoms with van der Waals surface area (Å²) >= 11 is 0. The molecule has 0 fully saturated rings. The molecule has 0 atom stereocenters. The molecule has 94 valence electrons. The van der Waals surface area contributed by atoms with Crippen molar-refractivity contribution in [2.24, 2.45) is 5.10 Å². The Hall–Kier alpha value is -2.50. The number of nitrogens with two attached hydrogens (primary N) is 1. The van der Waals surface area contributed by atoms with Gasteiger partial charge >= 0.3 is 0 Å². The number of ether oxygens (including phenoxy) is 1. The second-order valence-electron chi connectivity index (χ2n) is 3.75. The van der Waals surface area contributed by atoms with Gasteiger partial charge in [-0.15, -0.1) is 0 Å². The molecule has 0 saturated heterocycles. The van der Waals surface area contributed by atoms with Crippen molar-refractivity contribution in [3.8, 4) is 11.5 Å². The Labute approximate surface area is 104 Å². The predicted octanol–water partition coefficient (Wildman–Crippen LogP) is 1.37. The quantitative estimate of drug-likeness (QED) is 0.801. The van der Waals surface area contributed by atoms with Crippen LogP contribution in [0.2, 0.25) is 0 Å². The molecule has 0 aliphatic rings. The Morgan fingerprint density at radius 3 is 2.89 bits per heavy atom. The van der Waals surface area contributed by atoms with Gasteiger partial charge in [-0.25, -0.2) is 9.66 Å². The van der Waals surface area contributed by atoms with Crippen LogP contribution in [0.3, 0.4) is 0 Å². The fourth-order valence-electron chi connectivity index (χ4n) is 1.48. The first-order valence-corrected chi connectivity index (χ1v) is 5.33. The number of aromatic nitrogens is 2. The number of methoxy groups -OCH3 is 1. The maximum absolute atomic E-state index is 9.68. The lowest BCUT2D eigenvalue weighted by molar-refractivity contribution is 0.412. The van der Waals surface area contributed by atoms with Gasteiger partial charge in [-0.1, -0.05) is 0 Å². The average Bonchev–Trinajstić information content (AvgIpc) is 2.67. The molecule has 0 saturated carbocycles. The highest BCUT2D eigenvalue weighted by Crippen LogP contribution is 2.21. The Morgan fingerprint density at radius 1 is 1.50 bits per heavy atom. The summed E-state index contributed by atoms with van der Waals surface area (Å²) in [6, 6.07) is 4.89. The molecular weight excluding hydrogens is 232 g/mol. The normalized spacial score (nSPS) is 11.0. The highest BCUT2D eigenvalue weighted by molar-refractivity contribution is 5.84. The van der Waals surface area contributed by atoms with E-state index >= 15 is 0 Å². The van der Waals surface area contributed by atoms with E-state index in [-0.39, 0.29) is 5.75 Å². The largest absolute Gasteiger partial charge is 0.507 e. The van der Waals surface area contributed by atoms with E-state index in [4.69, 9.17) is 10.5 Å². The number of phenolic OH excluding ortho intramolecular Hbond substituents is 1. The molecule has 0 spiro atoms. The Balaban J connectivity index is 2.31. The van der Waals surface area contributed by atoms with Crippen LogP contribution in [0.5, 0.6) is 11.5 Å². The molecule has 1 heterocycles. The number of aryl methyl sites for hydroxylation is 1. The number of anilines is 1. The van der Waals surface area contributed by atoms with Crippen molar-refractivity contribution in [3.63, 3.8) is 0 Å². The number of phenols is 1. The van der Waals surface area contributed by atoms with E-state index in [0.29, 0.717) is 17.3 Å². The van der Waals surface area contributed by atoms with E-state index in [1.54, 1.807) is 31.5 Å². The molecule has 18 heavy (non-hydrogen) atoms. The molecule has 6 heteroatoms. The summed E-state index contributed by atoms with van der Waals surface area (Å²) in [7, 11) is 1.56. The summed E-state index contributed by atoms with van der Waals surface area (Å²) in [4.78, 5) is 4.02. The van der Waals surface area contributed by atoms with Gasteiger partial charge in [-0.3, -0.25) is 0 Å². The summed E-state index contributed by atoms with van der Waals surface area (Å²) < 4.78 is 6.51. The Morgan fingerprint density at radius 2 is 2.28 bits per heavy atom. The van der Waals surface area contributed by atoms with Crippen LogP contribution < -0.4 is 10.5 Å². The lowest BCUT2D eigenvalue weighted by atomic mass is 10.2. The number of aromatic hydroxyl groups is 1. The fourth-order valence-corrected chi connectivity index (χ4v) is 1.48. The summed E-state index contributed by atoms with van der Waals surface area (Å²) in [5, 5.41) is 13.8. The van der Waals surface area contributed by atoms with Gasteiger partial charge in [-0.2, -0.15) is 5.10 Å². The van der Waals surface area contributed by atoms with E-state index in [1.807, 2.05) is 6.92 Å². The lowest BCUT2D eigenvalue weighted by Gasteiger charge is -2.03. The van der Waals surface area contributed by atoms with E-state index in [9.17, 15) is 5.11 Å². The first-order chi connectivity index (χ1) is 8.60. The van der Waals surface area contributed by atoms with Crippen LogP contribution in [-0.2, 0) is 0 Å². The Bertz CT molecular complexity index is 590. The molecule has 0 radical (unpaired) electrons. The molecule has 0 bridgehead atoms. The second kappa shape index (κ2) is 4.79. The Kier molecular flexibility index (Phi) is 3.18. The number of imidazole rings is 1. The number of hydrogen-bond donors (Lipinski definition) is 2. The number of benzene rings is 1. The zero-order valence-electron chi connectivity index (χ0n) is 10.2. The first kappa shape index (κ1) is 12.0. The molecule has 2 aromatic rings. The van der Waals surface area contributed by atoms with Gasteiger partial charge in [0.2, 0.25) is 5.95 Å².